The van der Waals surface area contributed by atoms with Crippen molar-refractivity contribution < 1.29 is 23.5 Å². The number of hydrogen-bond acceptors (Lipinski definition) is 6. The maximum atomic E-state index is 14.5. The van der Waals surface area contributed by atoms with Gasteiger partial charge in [-0.3, -0.25) is 19.2 Å². The number of halogens is 1. The molecule has 4 aromatic rings. The maximum Gasteiger partial charge on any atom is 0.314 e. The fraction of sp³-hybridized carbons (Fsp3) is 0.359. The lowest BCUT2D eigenvalue weighted by molar-refractivity contribution is -0.164. The number of aryl methyl sites for hydroxylation is 1. The van der Waals surface area contributed by atoms with Gasteiger partial charge in [0.1, 0.15) is 18.5 Å². The molecule has 3 atom stereocenters. The van der Waals surface area contributed by atoms with Crippen molar-refractivity contribution >= 4 is 17.8 Å². The van der Waals surface area contributed by atoms with Gasteiger partial charge in [-0.25, -0.2) is 9.49 Å². The average molecular weight is 667 g/mol. The van der Waals surface area contributed by atoms with E-state index in [2.05, 4.69) is 15.5 Å². The highest BCUT2D eigenvalue weighted by atomic mass is 19.1. The summed E-state index contributed by atoms with van der Waals surface area (Å²) in [6.07, 6.45) is 2.27. The Morgan fingerprint density at radius 1 is 0.980 bits per heavy atom. The Bertz CT molecular complexity index is 1840. The minimum Gasteiger partial charge on any atom is -0.460 e. The van der Waals surface area contributed by atoms with Crippen molar-refractivity contribution in [1.82, 2.24) is 20.4 Å². The molecular weight excluding hydrogens is 623 g/mol. The number of aromatic nitrogens is 2. The molecule has 1 aromatic heterocycles. The summed E-state index contributed by atoms with van der Waals surface area (Å²) in [6, 6.07) is 22.2. The number of rotatable bonds is 12. The number of nitrogens with one attached hydrogen (secondary N) is 2. The Hall–Kier alpha value is -5.12. The number of benzene rings is 3. The van der Waals surface area contributed by atoms with Crippen LogP contribution in [-0.2, 0) is 27.4 Å². The Morgan fingerprint density at radius 3 is 2.37 bits per heavy atom. The molecule has 0 saturated carbocycles. The van der Waals surface area contributed by atoms with Gasteiger partial charge in [0.15, 0.2) is 0 Å². The van der Waals surface area contributed by atoms with Gasteiger partial charge >= 0.3 is 5.97 Å². The molecule has 1 fully saturated rings. The normalized spacial score (nSPS) is 16.6. The molecule has 0 spiro atoms. The second kappa shape index (κ2) is 15.4. The summed E-state index contributed by atoms with van der Waals surface area (Å²) in [5.74, 6) is -1.61. The van der Waals surface area contributed by atoms with E-state index in [-0.39, 0.29) is 24.0 Å². The molecule has 9 nitrogen and oxygen atoms in total. The molecule has 2 amide bonds. The van der Waals surface area contributed by atoms with Crippen molar-refractivity contribution in [2.75, 3.05) is 0 Å². The van der Waals surface area contributed by atoms with Crippen molar-refractivity contribution in [3.05, 3.63) is 135 Å². The number of likely N-dealkylation sites (tertiary alicyclic amines) is 1. The molecule has 0 unspecified atom stereocenters. The lowest BCUT2D eigenvalue weighted by Crippen LogP contribution is -2.56. The topological polar surface area (TPSA) is 121 Å². The lowest BCUT2D eigenvalue weighted by atomic mass is 9.74. The molecule has 1 aliphatic heterocycles. The molecule has 0 radical (unpaired) electrons. The predicted molar refractivity (Wildman–Crippen MR) is 184 cm³/mol. The second-order valence-electron chi connectivity index (χ2n) is 12.8. The van der Waals surface area contributed by atoms with Crippen LogP contribution in [0.15, 0.2) is 89.7 Å². The highest BCUT2D eigenvalue weighted by Gasteiger charge is 2.53. The van der Waals surface area contributed by atoms with Crippen molar-refractivity contribution in [2.45, 2.75) is 84.5 Å². The molecule has 2 N–H and O–H groups in total. The minimum atomic E-state index is -1.01. The Kier molecular flexibility index (Phi) is 11.1. The first-order valence-corrected chi connectivity index (χ1v) is 16.8. The van der Waals surface area contributed by atoms with Crippen LogP contribution in [-0.4, -0.2) is 45.0 Å². The molecule has 0 aliphatic carbocycles. The van der Waals surface area contributed by atoms with E-state index in [1.165, 1.54) is 12.1 Å². The van der Waals surface area contributed by atoms with Crippen LogP contribution in [0.3, 0.4) is 0 Å². The van der Waals surface area contributed by atoms with Gasteiger partial charge in [0.2, 0.25) is 5.91 Å². The number of carbonyl (C=O) groups excluding carboxylic acids is 3. The van der Waals surface area contributed by atoms with E-state index in [1.807, 2.05) is 44.2 Å². The highest BCUT2D eigenvalue weighted by molar-refractivity contribution is 5.97. The van der Waals surface area contributed by atoms with Gasteiger partial charge in [-0.15, -0.1) is 0 Å². The van der Waals surface area contributed by atoms with E-state index in [9.17, 15) is 23.6 Å². The van der Waals surface area contributed by atoms with Crippen LogP contribution < -0.4 is 10.9 Å². The Labute approximate surface area is 285 Å². The van der Waals surface area contributed by atoms with Crippen LogP contribution >= 0.6 is 0 Å². The summed E-state index contributed by atoms with van der Waals surface area (Å²) in [4.78, 5) is 55.6. The largest absolute Gasteiger partial charge is 0.460 e. The SMILES string of the molecule is CCC(CC)(C(=O)OCc1ccccc1)[C@H]1CC[C@@H](c2cccc(F)c2)N1C(=O)[C@@H](C)NC(=O)c1ccc(Cc2cc(C)n[nH]c2=O)cc1. The van der Waals surface area contributed by atoms with E-state index < -0.39 is 35.3 Å². The highest BCUT2D eigenvalue weighted by Crippen LogP contribution is 2.47. The van der Waals surface area contributed by atoms with Crippen molar-refractivity contribution in [2.24, 2.45) is 5.41 Å². The molecule has 1 saturated heterocycles. The van der Waals surface area contributed by atoms with Crippen LogP contribution in [0.25, 0.3) is 0 Å². The zero-order valence-electron chi connectivity index (χ0n) is 28.4. The monoisotopic (exact) mass is 666 g/mol. The number of hydrogen-bond donors (Lipinski definition) is 2. The van der Waals surface area contributed by atoms with Crippen LogP contribution in [0.4, 0.5) is 4.39 Å². The van der Waals surface area contributed by atoms with Gasteiger partial charge in [-0.2, -0.15) is 5.10 Å². The summed E-state index contributed by atoms with van der Waals surface area (Å²) < 4.78 is 20.3. The molecule has 10 heteroatoms. The van der Waals surface area contributed by atoms with Crippen molar-refractivity contribution in [1.29, 1.82) is 0 Å². The summed E-state index contributed by atoms with van der Waals surface area (Å²) >= 11 is 0. The van der Waals surface area contributed by atoms with E-state index >= 15 is 0 Å². The zero-order chi connectivity index (χ0) is 35.1. The summed E-state index contributed by atoms with van der Waals surface area (Å²) in [7, 11) is 0. The van der Waals surface area contributed by atoms with Crippen LogP contribution in [0.1, 0.15) is 90.8 Å². The van der Waals surface area contributed by atoms with Crippen LogP contribution in [0.2, 0.25) is 0 Å². The number of aromatic amines is 1. The number of ether oxygens (including phenoxy) is 1. The predicted octanol–water partition coefficient (Wildman–Crippen LogP) is 6.21. The first-order valence-electron chi connectivity index (χ1n) is 16.8. The number of H-pyrrole nitrogens is 1. The Balaban J connectivity index is 1.37. The lowest BCUT2D eigenvalue weighted by Gasteiger charge is -2.43. The molecule has 0 bridgehead atoms. The second-order valence-corrected chi connectivity index (χ2v) is 12.8. The number of amides is 2. The minimum absolute atomic E-state index is 0.110. The van der Waals surface area contributed by atoms with Crippen molar-refractivity contribution in [3.63, 3.8) is 0 Å². The molecule has 256 valence electrons. The average Bonchev–Trinajstić information content (AvgIpc) is 3.55. The van der Waals surface area contributed by atoms with Gasteiger partial charge in [0.25, 0.3) is 11.5 Å². The smallest absolute Gasteiger partial charge is 0.314 e. The molecular formula is C39H43FN4O5. The standard InChI is InChI=1S/C39H43FN4O5/c1-5-39(6-2,38(48)49-24-28-11-8-7-9-12-28)34-20-19-33(30-13-10-14-32(40)23-30)44(34)37(47)26(4)41-35(45)29-17-15-27(16-18-29)22-31-21-25(3)42-43-36(31)46/h7-18,21,23,26,33-34H,5-6,19-20,22,24H2,1-4H3,(H,41,45)(H,43,46)/t26-,33+,34-/m1/s1. The van der Waals surface area contributed by atoms with E-state index in [1.54, 1.807) is 61.2 Å². The third-order valence-corrected chi connectivity index (χ3v) is 9.73. The van der Waals surface area contributed by atoms with Crippen molar-refractivity contribution in [3.8, 4) is 0 Å². The van der Waals surface area contributed by atoms with E-state index in [0.717, 1.165) is 11.1 Å². The Morgan fingerprint density at radius 2 is 1.69 bits per heavy atom. The van der Waals surface area contributed by atoms with E-state index in [4.69, 9.17) is 4.74 Å². The fourth-order valence-corrected chi connectivity index (χ4v) is 6.97. The quantitative estimate of drug-likeness (QED) is 0.174. The zero-order valence-corrected chi connectivity index (χ0v) is 28.4. The number of carbonyl (C=O) groups is 3. The third-order valence-electron chi connectivity index (χ3n) is 9.73. The van der Waals surface area contributed by atoms with Gasteiger partial charge in [-0.05, 0) is 86.6 Å². The van der Waals surface area contributed by atoms with Crippen LogP contribution in [0.5, 0.6) is 0 Å². The van der Waals surface area contributed by atoms with E-state index in [0.29, 0.717) is 54.5 Å². The van der Waals surface area contributed by atoms with Gasteiger partial charge in [0.05, 0.1) is 17.2 Å². The maximum absolute atomic E-state index is 14.5. The summed E-state index contributed by atoms with van der Waals surface area (Å²) in [5.41, 5.74) is 2.66. The fourth-order valence-electron chi connectivity index (χ4n) is 6.97. The number of nitrogens with zero attached hydrogens (tertiary/aromatic N) is 2. The first kappa shape index (κ1) is 35.2. The first-order chi connectivity index (χ1) is 23.6. The van der Waals surface area contributed by atoms with Crippen LogP contribution in [0, 0.1) is 18.2 Å². The number of esters is 1. The van der Waals surface area contributed by atoms with Gasteiger partial charge in [-0.1, -0.05) is 68.4 Å². The molecule has 3 aromatic carbocycles. The molecule has 49 heavy (non-hydrogen) atoms. The third kappa shape index (κ3) is 7.80. The molecule has 5 rings (SSSR count). The molecule has 1 aliphatic rings. The van der Waals surface area contributed by atoms with Gasteiger partial charge in [0, 0.05) is 23.6 Å². The molecule has 2 heterocycles. The summed E-state index contributed by atoms with van der Waals surface area (Å²) in [6.45, 7) is 7.37. The van der Waals surface area contributed by atoms with Gasteiger partial charge < -0.3 is 15.0 Å². The summed E-state index contributed by atoms with van der Waals surface area (Å²) in [5, 5.41) is 9.23.